The SMILES string of the molecule is COc1ccc(C2C(Cl)C(=O)N2c2nc(-c3cc4ccccc4oc3=O)cs2)cc1. The van der Waals surface area contributed by atoms with Gasteiger partial charge in [-0.25, -0.2) is 9.78 Å². The molecule has 3 heterocycles. The van der Waals surface area contributed by atoms with Gasteiger partial charge in [0.2, 0.25) is 5.91 Å². The number of amides is 1. The van der Waals surface area contributed by atoms with Gasteiger partial charge in [-0.1, -0.05) is 30.3 Å². The number of halogens is 1. The summed E-state index contributed by atoms with van der Waals surface area (Å²) < 4.78 is 10.6. The molecule has 0 bridgehead atoms. The average Bonchev–Trinajstić information content (AvgIpc) is 3.25. The Morgan fingerprint density at radius 3 is 2.67 bits per heavy atom. The summed E-state index contributed by atoms with van der Waals surface area (Å²) in [5, 5.41) is 2.37. The summed E-state index contributed by atoms with van der Waals surface area (Å²) in [6.07, 6.45) is 0. The predicted molar refractivity (Wildman–Crippen MR) is 116 cm³/mol. The highest BCUT2D eigenvalue weighted by Gasteiger charge is 2.49. The minimum atomic E-state index is -0.670. The first-order valence-electron chi connectivity index (χ1n) is 9.16. The van der Waals surface area contributed by atoms with Crippen LogP contribution in [0.3, 0.4) is 0 Å². The van der Waals surface area contributed by atoms with Gasteiger partial charge in [-0.15, -0.1) is 22.9 Å². The van der Waals surface area contributed by atoms with E-state index < -0.39 is 11.0 Å². The highest BCUT2D eigenvalue weighted by molar-refractivity contribution is 7.14. The van der Waals surface area contributed by atoms with Crippen LogP contribution >= 0.6 is 22.9 Å². The Kier molecular flexibility index (Phi) is 4.56. The third kappa shape index (κ3) is 2.98. The molecule has 2 unspecified atom stereocenters. The number of ether oxygens (including phenoxy) is 1. The van der Waals surface area contributed by atoms with E-state index in [9.17, 15) is 9.59 Å². The third-order valence-corrected chi connectivity index (χ3v) is 6.37. The number of β-lactam (4-membered cyclic amide) rings is 1. The summed E-state index contributed by atoms with van der Waals surface area (Å²) >= 11 is 7.61. The first-order chi connectivity index (χ1) is 14.6. The molecule has 8 heteroatoms. The molecule has 150 valence electrons. The lowest BCUT2D eigenvalue weighted by atomic mass is 9.94. The van der Waals surface area contributed by atoms with Crippen LogP contribution in [0.4, 0.5) is 5.13 Å². The van der Waals surface area contributed by atoms with Gasteiger partial charge in [0.05, 0.1) is 24.4 Å². The van der Waals surface area contributed by atoms with Crippen LogP contribution in [0, 0.1) is 0 Å². The number of carbonyl (C=O) groups is 1. The van der Waals surface area contributed by atoms with Crippen molar-refractivity contribution in [2.45, 2.75) is 11.4 Å². The summed E-state index contributed by atoms with van der Waals surface area (Å²) in [6.45, 7) is 0. The Morgan fingerprint density at radius 2 is 1.90 bits per heavy atom. The minimum absolute atomic E-state index is 0.219. The normalized spacial score (nSPS) is 18.5. The van der Waals surface area contributed by atoms with E-state index in [1.165, 1.54) is 11.3 Å². The molecule has 0 saturated carbocycles. The van der Waals surface area contributed by atoms with E-state index in [0.29, 0.717) is 22.0 Å². The fourth-order valence-corrected chi connectivity index (χ4v) is 4.75. The Balaban J connectivity index is 1.50. The number of methoxy groups -OCH3 is 1. The molecule has 1 amide bonds. The summed E-state index contributed by atoms with van der Waals surface area (Å²) in [5.41, 5.74) is 1.75. The molecule has 1 fully saturated rings. The fraction of sp³-hybridized carbons (Fsp3) is 0.136. The molecule has 1 aliphatic rings. The predicted octanol–water partition coefficient (Wildman–Crippen LogP) is 4.62. The van der Waals surface area contributed by atoms with Gasteiger partial charge in [-0.05, 0) is 29.8 Å². The Hall–Kier alpha value is -3.16. The van der Waals surface area contributed by atoms with Crippen molar-refractivity contribution in [3.63, 3.8) is 0 Å². The van der Waals surface area contributed by atoms with Crippen molar-refractivity contribution in [2.24, 2.45) is 0 Å². The fourth-order valence-electron chi connectivity index (χ4n) is 3.53. The average molecular weight is 439 g/mol. The van der Waals surface area contributed by atoms with E-state index in [1.54, 1.807) is 29.5 Å². The lowest BCUT2D eigenvalue weighted by molar-refractivity contribution is -0.123. The maximum Gasteiger partial charge on any atom is 0.345 e. The number of hydrogen-bond donors (Lipinski definition) is 0. The highest BCUT2D eigenvalue weighted by Crippen LogP contribution is 2.44. The molecule has 2 aromatic carbocycles. The molecule has 4 aromatic rings. The van der Waals surface area contributed by atoms with Crippen LogP contribution in [0.5, 0.6) is 5.75 Å². The molecule has 2 aromatic heterocycles. The van der Waals surface area contributed by atoms with E-state index in [1.807, 2.05) is 42.5 Å². The molecule has 0 aliphatic carbocycles. The van der Waals surface area contributed by atoms with Crippen LogP contribution in [0.15, 0.2) is 69.2 Å². The smallest absolute Gasteiger partial charge is 0.345 e. The zero-order chi connectivity index (χ0) is 20.8. The number of benzene rings is 2. The molecule has 0 radical (unpaired) electrons. The first-order valence-corrected chi connectivity index (χ1v) is 10.5. The molecular formula is C22H15ClN2O4S. The maximum atomic E-state index is 12.5. The number of nitrogens with zero attached hydrogens (tertiary/aromatic N) is 2. The molecule has 5 rings (SSSR count). The van der Waals surface area contributed by atoms with Gasteiger partial charge in [-0.3, -0.25) is 9.69 Å². The monoisotopic (exact) mass is 438 g/mol. The number of anilines is 1. The lowest BCUT2D eigenvalue weighted by Gasteiger charge is -2.42. The van der Waals surface area contributed by atoms with Crippen LogP contribution < -0.4 is 15.3 Å². The van der Waals surface area contributed by atoms with Crippen molar-refractivity contribution >= 4 is 44.9 Å². The van der Waals surface area contributed by atoms with Crippen molar-refractivity contribution in [3.8, 4) is 17.0 Å². The van der Waals surface area contributed by atoms with E-state index in [4.69, 9.17) is 20.8 Å². The highest BCUT2D eigenvalue weighted by atomic mass is 35.5. The second kappa shape index (κ2) is 7.27. The van der Waals surface area contributed by atoms with Crippen LogP contribution in [0.2, 0.25) is 0 Å². The molecular weight excluding hydrogens is 424 g/mol. The molecule has 2 atom stereocenters. The molecule has 0 spiro atoms. The van der Waals surface area contributed by atoms with Gasteiger partial charge in [0.25, 0.3) is 0 Å². The number of aromatic nitrogens is 1. The largest absolute Gasteiger partial charge is 0.497 e. The standard InChI is InChI=1S/C22H15ClN2O4S/c1-28-14-8-6-12(7-9-14)19-18(23)20(26)25(19)22-24-16(11-30-22)15-10-13-4-2-3-5-17(13)29-21(15)27/h2-11,18-19H,1H3. The summed E-state index contributed by atoms with van der Waals surface area (Å²) in [6, 6.07) is 16.1. The first kappa shape index (κ1) is 18.8. The molecule has 6 nitrogen and oxygen atoms in total. The Labute approximate surface area is 180 Å². The van der Waals surface area contributed by atoms with E-state index >= 15 is 0 Å². The summed E-state index contributed by atoms with van der Waals surface area (Å²) in [4.78, 5) is 31.1. The van der Waals surface area contributed by atoms with Crippen LogP contribution in [-0.2, 0) is 4.79 Å². The van der Waals surface area contributed by atoms with Crippen molar-refractivity contribution in [1.29, 1.82) is 0 Å². The number of thiazole rings is 1. The van der Waals surface area contributed by atoms with Crippen molar-refractivity contribution in [1.82, 2.24) is 4.98 Å². The van der Waals surface area contributed by atoms with E-state index in [2.05, 4.69) is 4.98 Å². The van der Waals surface area contributed by atoms with Crippen molar-refractivity contribution in [2.75, 3.05) is 12.0 Å². The minimum Gasteiger partial charge on any atom is -0.497 e. The third-order valence-electron chi connectivity index (χ3n) is 5.10. The Bertz CT molecular complexity index is 1310. The summed E-state index contributed by atoms with van der Waals surface area (Å²) in [5.74, 6) is 0.505. The second-order valence-corrected chi connectivity index (χ2v) is 8.14. The number of para-hydroxylation sites is 1. The molecule has 1 aliphatic heterocycles. The summed E-state index contributed by atoms with van der Waals surface area (Å²) in [7, 11) is 1.60. The van der Waals surface area contributed by atoms with Gasteiger partial charge < -0.3 is 9.15 Å². The van der Waals surface area contributed by atoms with E-state index in [-0.39, 0.29) is 11.9 Å². The number of fused-ring (bicyclic) bond motifs is 1. The zero-order valence-corrected chi connectivity index (χ0v) is 17.3. The molecule has 30 heavy (non-hydrogen) atoms. The van der Waals surface area contributed by atoms with Gasteiger partial charge in [0.15, 0.2) is 5.13 Å². The van der Waals surface area contributed by atoms with Gasteiger partial charge in [0, 0.05) is 10.8 Å². The number of alkyl halides is 1. The van der Waals surface area contributed by atoms with Gasteiger partial charge >= 0.3 is 5.63 Å². The van der Waals surface area contributed by atoms with Crippen molar-refractivity contribution < 1.29 is 13.9 Å². The number of hydrogen-bond acceptors (Lipinski definition) is 6. The zero-order valence-electron chi connectivity index (χ0n) is 15.7. The van der Waals surface area contributed by atoms with Gasteiger partial charge in [0.1, 0.15) is 16.7 Å². The lowest BCUT2D eigenvalue weighted by Crippen LogP contribution is -2.56. The quantitative estimate of drug-likeness (QED) is 0.264. The van der Waals surface area contributed by atoms with Crippen molar-refractivity contribution in [3.05, 3.63) is 76.0 Å². The van der Waals surface area contributed by atoms with Gasteiger partial charge in [-0.2, -0.15) is 0 Å². The molecule has 1 saturated heterocycles. The number of carbonyl (C=O) groups excluding carboxylic acids is 1. The van der Waals surface area contributed by atoms with Crippen LogP contribution in [0.25, 0.3) is 22.2 Å². The topological polar surface area (TPSA) is 72.6 Å². The Morgan fingerprint density at radius 1 is 1.13 bits per heavy atom. The molecule has 0 N–H and O–H groups in total. The number of rotatable bonds is 4. The van der Waals surface area contributed by atoms with Crippen LogP contribution in [-0.4, -0.2) is 23.4 Å². The maximum absolute atomic E-state index is 12.5. The van der Waals surface area contributed by atoms with E-state index in [0.717, 1.165) is 16.7 Å². The second-order valence-electron chi connectivity index (χ2n) is 6.83. The van der Waals surface area contributed by atoms with Crippen LogP contribution in [0.1, 0.15) is 11.6 Å².